The van der Waals surface area contributed by atoms with Crippen LogP contribution in [0.1, 0.15) is 5.56 Å². The van der Waals surface area contributed by atoms with Gasteiger partial charge < -0.3 is 9.13 Å². The molecule has 0 saturated heterocycles. The first-order chi connectivity index (χ1) is 25.7. The lowest BCUT2D eigenvalue weighted by Gasteiger charge is -2.15. The molecular formula is C48H30N4. The molecule has 0 amide bonds. The van der Waals surface area contributed by atoms with E-state index in [9.17, 15) is 5.26 Å². The van der Waals surface area contributed by atoms with Crippen LogP contribution in [0.5, 0.6) is 0 Å². The predicted octanol–water partition coefficient (Wildman–Crippen LogP) is 12.1. The summed E-state index contributed by atoms with van der Waals surface area (Å²) in [4.78, 5) is 5.17. The summed E-state index contributed by atoms with van der Waals surface area (Å²) in [6, 6.07) is 66.0. The average molecular weight is 663 g/mol. The number of hydrogen-bond donors (Lipinski definition) is 0. The van der Waals surface area contributed by atoms with E-state index in [1.165, 1.54) is 32.6 Å². The van der Waals surface area contributed by atoms with E-state index in [2.05, 4.69) is 155 Å². The van der Waals surface area contributed by atoms with E-state index in [1.807, 2.05) is 42.5 Å². The Hall–Kier alpha value is -7.22. The molecule has 0 fully saturated rings. The molecule has 0 radical (unpaired) electrons. The van der Waals surface area contributed by atoms with Gasteiger partial charge in [0.25, 0.3) is 0 Å². The van der Waals surface area contributed by atoms with Gasteiger partial charge in [0.15, 0.2) is 0 Å². The maximum Gasteiger partial charge on any atom is 0.0998 e. The zero-order chi connectivity index (χ0) is 34.6. The smallest absolute Gasteiger partial charge is 0.0998 e. The molecule has 10 rings (SSSR count). The fourth-order valence-electron chi connectivity index (χ4n) is 7.82. The van der Waals surface area contributed by atoms with Gasteiger partial charge in [0.05, 0.1) is 45.1 Å². The summed E-state index contributed by atoms with van der Waals surface area (Å²) in [7, 11) is 0. The second kappa shape index (κ2) is 12.0. The fourth-order valence-corrected chi connectivity index (χ4v) is 7.82. The lowest BCUT2D eigenvalue weighted by Crippen LogP contribution is -1.99. The molecule has 4 nitrogen and oxygen atoms in total. The number of pyridine rings is 1. The van der Waals surface area contributed by atoms with Crippen molar-refractivity contribution < 1.29 is 0 Å². The highest BCUT2D eigenvalue weighted by molar-refractivity contribution is 6.12. The minimum absolute atomic E-state index is 0.632. The summed E-state index contributed by atoms with van der Waals surface area (Å²) in [5.74, 6) is 0. The molecular weight excluding hydrogens is 633 g/mol. The molecule has 0 unspecified atom stereocenters. The minimum atomic E-state index is 0.632. The molecule has 0 aliphatic heterocycles. The molecule has 0 aliphatic carbocycles. The Balaban J connectivity index is 1.26. The summed E-state index contributed by atoms with van der Waals surface area (Å²) in [5.41, 5.74) is 12.9. The van der Waals surface area contributed by atoms with Crippen molar-refractivity contribution in [1.29, 1.82) is 5.26 Å². The quantitative estimate of drug-likeness (QED) is 0.184. The molecule has 3 heterocycles. The van der Waals surface area contributed by atoms with E-state index >= 15 is 0 Å². The highest BCUT2D eigenvalue weighted by atomic mass is 15.0. The number of aromatic nitrogens is 3. The van der Waals surface area contributed by atoms with Crippen LogP contribution in [0.3, 0.4) is 0 Å². The molecule has 0 N–H and O–H groups in total. The van der Waals surface area contributed by atoms with E-state index < -0.39 is 0 Å². The summed E-state index contributed by atoms with van der Waals surface area (Å²) >= 11 is 0. The molecule has 0 spiro atoms. The second-order valence-corrected chi connectivity index (χ2v) is 13.1. The maximum absolute atomic E-state index is 10.2. The van der Waals surface area contributed by atoms with Gasteiger partial charge in [-0.3, -0.25) is 0 Å². The molecule has 0 atom stereocenters. The van der Waals surface area contributed by atoms with Crippen molar-refractivity contribution in [2.45, 2.75) is 0 Å². The van der Waals surface area contributed by atoms with Crippen molar-refractivity contribution in [2.24, 2.45) is 0 Å². The molecule has 4 heteroatoms. The number of nitriles is 1. The SMILES string of the molecule is N#Cc1ccccc1-c1cc(-c2cccc(-c3ccccc3)n2)cc(-n2c3ccccc3c3ccc(-n4c5ccccc5c5ccccc54)cc32)c1. The van der Waals surface area contributed by atoms with Gasteiger partial charge in [0.1, 0.15) is 0 Å². The van der Waals surface area contributed by atoms with Gasteiger partial charge in [0.2, 0.25) is 0 Å². The van der Waals surface area contributed by atoms with Crippen LogP contribution in [0.15, 0.2) is 182 Å². The van der Waals surface area contributed by atoms with Crippen LogP contribution in [-0.4, -0.2) is 14.1 Å². The number of rotatable bonds is 5. The van der Waals surface area contributed by atoms with Crippen molar-refractivity contribution >= 4 is 43.6 Å². The summed E-state index contributed by atoms with van der Waals surface area (Å²) < 4.78 is 4.74. The second-order valence-electron chi connectivity index (χ2n) is 13.1. The van der Waals surface area contributed by atoms with Crippen molar-refractivity contribution in [3.05, 3.63) is 188 Å². The van der Waals surface area contributed by atoms with Gasteiger partial charge in [-0.1, -0.05) is 115 Å². The number of para-hydroxylation sites is 3. The van der Waals surface area contributed by atoms with Gasteiger partial charge in [0, 0.05) is 44.0 Å². The number of benzene rings is 7. The third-order valence-electron chi connectivity index (χ3n) is 10.1. The van der Waals surface area contributed by atoms with E-state index in [-0.39, 0.29) is 0 Å². The van der Waals surface area contributed by atoms with Crippen molar-refractivity contribution in [3.63, 3.8) is 0 Å². The zero-order valence-corrected chi connectivity index (χ0v) is 28.1. The van der Waals surface area contributed by atoms with Gasteiger partial charge in [-0.05, 0) is 77.9 Å². The molecule has 0 aliphatic rings. The first-order valence-electron chi connectivity index (χ1n) is 17.4. The molecule has 242 valence electrons. The molecule has 10 aromatic rings. The molecule has 7 aromatic carbocycles. The van der Waals surface area contributed by atoms with Crippen LogP contribution >= 0.6 is 0 Å². The predicted molar refractivity (Wildman–Crippen MR) is 214 cm³/mol. The standard InChI is InChI=1S/C48H30N4/c49-31-33-15-4-5-16-38(33)34-27-35(44-21-12-20-43(50-44)32-13-2-1-3-14-32)29-37(28-34)52-47-24-11-8-19-41(47)42-26-25-36(30-48(42)52)51-45-22-9-6-17-39(45)40-18-7-10-23-46(40)51/h1-30H. The van der Waals surface area contributed by atoms with Crippen LogP contribution in [0.4, 0.5) is 0 Å². The topological polar surface area (TPSA) is 46.5 Å². The Kier molecular flexibility index (Phi) is 6.84. The Morgan fingerprint density at radius 2 is 0.923 bits per heavy atom. The van der Waals surface area contributed by atoms with Gasteiger partial charge in [-0.15, -0.1) is 0 Å². The third-order valence-corrected chi connectivity index (χ3v) is 10.1. The van der Waals surface area contributed by atoms with E-state index in [4.69, 9.17) is 4.98 Å². The lowest BCUT2D eigenvalue weighted by atomic mass is 9.96. The summed E-state index contributed by atoms with van der Waals surface area (Å²) in [5, 5.41) is 15.0. The Bertz CT molecular complexity index is 2980. The number of nitrogens with zero attached hydrogens (tertiary/aromatic N) is 4. The zero-order valence-electron chi connectivity index (χ0n) is 28.1. The van der Waals surface area contributed by atoms with E-state index in [0.29, 0.717) is 5.56 Å². The molecule has 0 bridgehead atoms. The van der Waals surface area contributed by atoms with Gasteiger partial charge in [-0.25, -0.2) is 4.98 Å². The summed E-state index contributed by atoms with van der Waals surface area (Å²) in [6.07, 6.45) is 0. The highest BCUT2D eigenvalue weighted by Gasteiger charge is 2.18. The van der Waals surface area contributed by atoms with Crippen molar-refractivity contribution in [2.75, 3.05) is 0 Å². The average Bonchev–Trinajstić information content (AvgIpc) is 3.73. The maximum atomic E-state index is 10.2. The normalized spacial score (nSPS) is 11.4. The number of hydrogen-bond acceptors (Lipinski definition) is 2. The van der Waals surface area contributed by atoms with Crippen LogP contribution in [0.25, 0.3) is 88.6 Å². The van der Waals surface area contributed by atoms with Crippen LogP contribution in [-0.2, 0) is 0 Å². The van der Waals surface area contributed by atoms with Gasteiger partial charge in [-0.2, -0.15) is 5.26 Å². The summed E-state index contributed by atoms with van der Waals surface area (Å²) in [6.45, 7) is 0. The molecule has 3 aromatic heterocycles. The first-order valence-corrected chi connectivity index (χ1v) is 17.4. The Labute approximate surface area is 300 Å². The van der Waals surface area contributed by atoms with Crippen LogP contribution in [0.2, 0.25) is 0 Å². The largest absolute Gasteiger partial charge is 0.309 e. The Morgan fingerprint density at radius 1 is 0.385 bits per heavy atom. The van der Waals surface area contributed by atoms with Crippen molar-refractivity contribution in [1.82, 2.24) is 14.1 Å². The molecule has 0 saturated carbocycles. The minimum Gasteiger partial charge on any atom is -0.309 e. The lowest BCUT2D eigenvalue weighted by molar-refractivity contribution is 1.15. The van der Waals surface area contributed by atoms with E-state index in [1.54, 1.807) is 0 Å². The van der Waals surface area contributed by atoms with E-state index in [0.717, 1.165) is 56.0 Å². The van der Waals surface area contributed by atoms with Crippen LogP contribution < -0.4 is 0 Å². The molecule has 52 heavy (non-hydrogen) atoms. The highest BCUT2D eigenvalue weighted by Crippen LogP contribution is 2.39. The van der Waals surface area contributed by atoms with Gasteiger partial charge >= 0.3 is 0 Å². The monoisotopic (exact) mass is 662 g/mol. The third kappa shape index (κ3) is 4.72. The van der Waals surface area contributed by atoms with Crippen molar-refractivity contribution in [3.8, 4) is 51.1 Å². The van der Waals surface area contributed by atoms with Crippen LogP contribution in [0, 0.1) is 11.3 Å². The Morgan fingerprint density at radius 3 is 1.60 bits per heavy atom. The fraction of sp³-hybridized carbons (Fsp3) is 0. The number of fused-ring (bicyclic) bond motifs is 6. The first kappa shape index (κ1) is 29.7.